The third-order valence-electron chi connectivity index (χ3n) is 4.49. The molecule has 1 fully saturated rings. The van der Waals surface area contributed by atoms with E-state index in [1.807, 2.05) is 36.1 Å². The van der Waals surface area contributed by atoms with Crippen LogP contribution in [0.5, 0.6) is 0 Å². The number of nitrogens with one attached hydrogen (secondary N) is 1. The van der Waals surface area contributed by atoms with E-state index in [4.69, 9.17) is 4.74 Å². The van der Waals surface area contributed by atoms with E-state index in [2.05, 4.69) is 5.32 Å². The molecule has 124 valence electrons. The normalized spacial score (nSPS) is 16.6. The molecule has 1 atom stereocenters. The minimum atomic E-state index is -0.726. The molecule has 1 amide bonds. The van der Waals surface area contributed by atoms with Crippen LogP contribution in [0.2, 0.25) is 0 Å². The molecule has 0 aliphatic heterocycles. The molecule has 0 bridgehead atoms. The Morgan fingerprint density at radius 2 is 2.17 bits per heavy atom. The first kappa shape index (κ1) is 16.1. The quantitative estimate of drug-likeness (QED) is 0.854. The first-order chi connectivity index (χ1) is 11.1. The summed E-state index contributed by atoms with van der Waals surface area (Å²) in [5.74, 6) is -0.618. The summed E-state index contributed by atoms with van der Waals surface area (Å²) < 4.78 is 8.33. The van der Waals surface area contributed by atoms with Crippen molar-refractivity contribution in [1.29, 1.82) is 0 Å². The van der Waals surface area contributed by atoms with Crippen molar-refractivity contribution in [3.05, 3.63) is 23.2 Å². The highest BCUT2D eigenvalue weighted by Gasteiger charge is 2.26. The number of ether oxygens (including phenoxy) is 1. The Morgan fingerprint density at radius 3 is 2.83 bits per heavy atom. The van der Waals surface area contributed by atoms with E-state index in [0.717, 1.165) is 35.9 Å². The second-order valence-corrected chi connectivity index (χ2v) is 7.00. The maximum atomic E-state index is 12.4. The lowest BCUT2D eigenvalue weighted by Gasteiger charge is -2.19. The van der Waals surface area contributed by atoms with Crippen molar-refractivity contribution in [1.82, 2.24) is 9.88 Å². The second kappa shape index (κ2) is 6.74. The molecule has 0 saturated heterocycles. The van der Waals surface area contributed by atoms with Crippen molar-refractivity contribution in [3.8, 4) is 0 Å². The summed E-state index contributed by atoms with van der Waals surface area (Å²) in [7, 11) is 1.84. The number of rotatable bonds is 5. The highest BCUT2D eigenvalue weighted by atomic mass is 32.1. The van der Waals surface area contributed by atoms with E-state index < -0.39 is 12.1 Å². The predicted molar refractivity (Wildman–Crippen MR) is 90.7 cm³/mol. The molecule has 1 N–H and O–H groups in total. The van der Waals surface area contributed by atoms with Gasteiger partial charge in [-0.05, 0) is 36.8 Å². The van der Waals surface area contributed by atoms with Crippen LogP contribution in [0.3, 0.4) is 0 Å². The maximum Gasteiger partial charge on any atom is 0.355 e. The van der Waals surface area contributed by atoms with Crippen molar-refractivity contribution in [2.75, 3.05) is 0 Å². The van der Waals surface area contributed by atoms with Crippen molar-refractivity contribution in [2.24, 2.45) is 7.05 Å². The van der Waals surface area contributed by atoms with E-state index in [1.165, 1.54) is 0 Å². The summed E-state index contributed by atoms with van der Waals surface area (Å²) in [5, 5.41) is 4.99. The van der Waals surface area contributed by atoms with Crippen molar-refractivity contribution in [2.45, 2.75) is 51.2 Å². The number of carbonyl (C=O) groups is 2. The molecule has 3 rings (SSSR count). The molecule has 6 heteroatoms. The van der Waals surface area contributed by atoms with Crippen molar-refractivity contribution in [3.63, 3.8) is 0 Å². The Bertz CT molecular complexity index is 713. The Morgan fingerprint density at radius 1 is 1.43 bits per heavy atom. The van der Waals surface area contributed by atoms with Crippen LogP contribution in [0, 0.1) is 0 Å². The molecule has 1 unspecified atom stereocenters. The molecule has 0 spiro atoms. The first-order valence-electron chi connectivity index (χ1n) is 8.14. The zero-order valence-electron chi connectivity index (χ0n) is 13.5. The minimum absolute atomic E-state index is 0.177. The summed E-state index contributed by atoms with van der Waals surface area (Å²) in [5.41, 5.74) is 1.49. The van der Waals surface area contributed by atoms with Gasteiger partial charge < -0.3 is 14.6 Å². The number of fused-ring (bicyclic) bond motifs is 1. The SMILES string of the molecule is CCC(OC(=O)c1cc2sccc2n1C)C(=O)NC1CCCC1. The summed E-state index contributed by atoms with van der Waals surface area (Å²) in [6.07, 6.45) is 4.09. The van der Waals surface area contributed by atoms with Gasteiger partial charge in [0.15, 0.2) is 6.10 Å². The van der Waals surface area contributed by atoms with Gasteiger partial charge in [0, 0.05) is 13.1 Å². The number of aromatic nitrogens is 1. The topological polar surface area (TPSA) is 60.3 Å². The Labute approximate surface area is 139 Å². The molecule has 1 aliphatic carbocycles. The van der Waals surface area contributed by atoms with Gasteiger partial charge in [-0.1, -0.05) is 19.8 Å². The lowest BCUT2D eigenvalue weighted by molar-refractivity contribution is -0.130. The third kappa shape index (κ3) is 3.27. The number of aryl methyl sites for hydroxylation is 1. The summed E-state index contributed by atoms with van der Waals surface area (Å²) in [6, 6.07) is 4.03. The molecule has 2 aromatic heterocycles. The lowest BCUT2D eigenvalue weighted by atomic mass is 10.2. The number of carbonyl (C=O) groups excluding carboxylic acids is 2. The number of thiophene rings is 1. The van der Waals surface area contributed by atoms with Crippen molar-refractivity contribution < 1.29 is 14.3 Å². The highest BCUT2D eigenvalue weighted by Crippen LogP contribution is 2.25. The number of nitrogens with zero attached hydrogens (tertiary/aromatic N) is 1. The monoisotopic (exact) mass is 334 g/mol. The zero-order valence-corrected chi connectivity index (χ0v) is 14.3. The fraction of sp³-hybridized carbons (Fsp3) is 0.529. The molecule has 2 heterocycles. The zero-order chi connectivity index (χ0) is 16.4. The molecule has 5 nitrogen and oxygen atoms in total. The molecular weight excluding hydrogens is 312 g/mol. The van der Waals surface area contributed by atoms with Crippen LogP contribution in [0.25, 0.3) is 10.2 Å². The third-order valence-corrected chi connectivity index (χ3v) is 5.34. The van der Waals surface area contributed by atoms with Gasteiger partial charge >= 0.3 is 5.97 Å². The van der Waals surface area contributed by atoms with Crippen molar-refractivity contribution >= 4 is 33.4 Å². The lowest BCUT2D eigenvalue weighted by Crippen LogP contribution is -2.42. The van der Waals surface area contributed by atoms with Crippen LogP contribution < -0.4 is 5.32 Å². The first-order valence-corrected chi connectivity index (χ1v) is 9.02. The summed E-state index contributed by atoms with van der Waals surface area (Å²) in [6.45, 7) is 1.86. The van der Waals surface area contributed by atoms with E-state index in [-0.39, 0.29) is 11.9 Å². The standard InChI is InChI=1S/C17H22N2O3S/c1-3-14(16(20)18-11-6-4-5-7-11)22-17(21)13-10-15-12(19(13)2)8-9-23-15/h8-11,14H,3-7H2,1-2H3,(H,18,20). The smallest absolute Gasteiger partial charge is 0.355 e. The predicted octanol–water partition coefficient (Wildman–Crippen LogP) is 3.23. The van der Waals surface area contributed by atoms with Crippen LogP contribution in [0.4, 0.5) is 0 Å². The van der Waals surface area contributed by atoms with Crippen LogP contribution >= 0.6 is 11.3 Å². The maximum absolute atomic E-state index is 12.4. The number of amides is 1. The van der Waals surface area contributed by atoms with Gasteiger partial charge in [-0.2, -0.15) is 0 Å². The fourth-order valence-corrected chi connectivity index (χ4v) is 3.97. The Hall–Kier alpha value is -1.82. The number of esters is 1. The summed E-state index contributed by atoms with van der Waals surface area (Å²) >= 11 is 1.58. The molecule has 2 aromatic rings. The molecular formula is C17H22N2O3S. The van der Waals surface area contributed by atoms with E-state index in [0.29, 0.717) is 12.1 Å². The molecule has 23 heavy (non-hydrogen) atoms. The van der Waals surface area contributed by atoms with Gasteiger partial charge in [-0.15, -0.1) is 11.3 Å². The fourth-order valence-electron chi connectivity index (χ4n) is 3.12. The number of hydrogen-bond acceptors (Lipinski definition) is 4. The minimum Gasteiger partial charge on any atom is -0.448 e. The van der Waals surface area contributed by atoms with Gasteiger partial charge in [0.25, 0.3) is 5.91 Å². The molecule has 1 saturated carbocycles. The van der Waals surface area contributed by atoms with Gasteiger partial charge in [0.1, 0.15) is 5.69 Å². The van der Waals surface area contributed by atoms with Crippen LogP contribution in [-0.2, 0) is 16.6 Å². The summed E-state index contributed by atoms with van der Waals surface area (Å²) in [4.78, 5) is 24.7. The highest BCUT2D eigenvalue weighted by molar-refractivity contribution is 7.17. The van der Waals surface area contributed by atoms with Crippen LogP contribution in [0.1, 0.15) is 49.5 Å². The largest absolute Gasteiger partial charge is 0.448 e. The van der Waals surface area contributed by atoms with Gasteiger partial charge in [-0.3, -0.25) is 4.79 Å². The molecule has 0 radical (unpaired) electrons. The van der Waals surface area contributed by atoms with Gasteiger partial charge in [0.2, 0.25) is 0 Å². The van der Waals surface area contributed by atoms with E-state index in [1.54, 1.807) is 11.3 Å². The average molecular weight is 334 g/mol. The van der Waals surface area contributed by atoms with Gasteiger partial charge in [0.05, 0.1) is 10.2 Å². The Kier molecular flexibility index (Phi) is 4.71. The molecule has 1 aliphatic rings. The van der Waals surface area contributed by atoms with Crippen LogP contribution in [-0.4, -0.2) is 28.6 Å². The van der Waals surface area contributed by atoms with Gasteiger partial charge in [-0.25, -0.2) is 4.79 Å². The van der Waals surface area contributed by atoms with Crippen LogP contribution in [0.15, 0.2) is 17.5 Å². The van der Waals surface area contributed by atoms with E-state index in [9.17, 15) is 9.59 Å². The number of hydrogen-bond donors (Lipinski definition) is 1. The second-order valence-electron chi connectivity index (χ2n) is 6.05. The van der Waals surface area contributed by atoms with E-state index >= 15 is 0 Å². The molecule has 0 aromatic carbocycles. The Balaban J connectivity index is 1.67. The average Bonchev–Trinajstić information content (AvgIpc) is 3.24.